The van der Waals surface area contributed by atoms with Gasteiger partial charge in [0.25, 0.3) is 0 Å². The molecule has 0 saturated carbocycles. The van der Waals surface area contributed by atoms with E-state index in [1.54, 1.807) is 6.07 Å². The first-order chi connectivity index (χ1) is 9.45. The van der Waals surface area contributed by atoms with Gasteiger partial charge in [-0.15, -0.1) is 0 Å². The number of rotatable bonds is 1. The van der Waals surface area contributed by atoms with E-state index in [2.05, 4.69) is 25.8 Å². The van der Waals surface area contributed by atoms with E-state index < -0.39 is 0 Å². The molecule has 0 radical (unpaired) electrons. The van der Waals surface area contributed by atoms with E-state index in [9.17, 15) is 5.11 Å². The smallest absolute Gasteiger partial charge is 0.227 e. The van der Waals surface area contributed by atoms with E-state index in [-0.39, 0.29) is 5.41 Å². The molecule has 1 N–H and O–H groups in total. The van der Waals surface area contributed by atoms with Crippen molar-refractivity contribution in [3.63, 3.8) is 0 Å². The molecule has 0 aliphatic carbocycles. The zero-order valence-electron chi connectivity index (χ0n) is 11.8. The summed E-state index contributed by atoms with van der Waals surface area (Å²) in [5.74, 6) is 0.883. The molecule has 0 saturated heterocycles. The van der Waals surface area contributed by atoms with Gasteiger partial charge in [-0.1, -0.05) is 32.9 Å². The van der Waals surface area contributed by atoms with Crippen LogP contribution in [0.25, 0.3) is 22.6 Å². The zero-order chi connectivity index (χ0) is 14.3. The molecule has 0 aliphatic rings. The molecule has 3 rings (SSSR count). The molecule has 3 heteroatoms. The molecule has 0 atom stereocenters. The highest BCUT2D eigenvalue weighted by atomic mass is 16.3. The number of oxazole rings is 1. The van der Waals surface area contributed by atoms with Crippen molar-refractivity contribution in [1.29, 1.82) is 0 Å². The van der Waals surface area contributed by atoms with Crippen LogP contribution in [0.2, 0.25) is 0 Å². The SMILES string of the molecule is CC(C)(C)c1cc(-c2nc3ccccc3o2)ccc1O. The number of para-hydroxylation sites is 2. The highest BCUT2D eigenvalue weighted by Gasteiger charge is 2.20. The Morgan fingerprint density at radius 2 is 1.80 bits per heavy atom. The molecule has 3 aromatic rings. The van der Waals surface area contributed by atoms with Gasteiger partial charge >= 0.3 is 0 Å². The van der Waals surface area contributed by atoms with Crippen LogP contribution in [0.4, 0.5) is 0 Å². The Kier molecular flexibility index (Phi) is 2.78. The lowest BCUT2D eigenvalue weighted by Gasteiger charge is -2.20. The molecule has 1 aromatic heterocycles. The van der Waals surface area contributed by atoms with Crippen LogP contribution >= 0.6 is 0 Å². The van der Waals surface area contributed by atoms with Gasteiger partial charge in [-0.2, -0.15) is 0 Å². The van der Waals surface area contributed by atoms with Crippen molar-refractivity contribution in [2.45, 2.75) is 26.2 Å². The normalized spacial score (nSPS) is 11.9. The second kappa shape index (κ2) is 4.37. The van der Waals surface area contributed by atoms with Crippen molar-refractivity contribution < 1.29 is 9.52 Å². The molecular weight excluding hydrogens is 250 g/mol. The fraction of sp³-hybridized carbons (Fsp3) is 0.235. The average Bonchev–Trinajstić information content (AvgIpc) is 2.81. The van der Waals surface area contributed by atoms with E-state index in [0.717, 1.165) is 22.2 Å². The Morgan fingerprint density at radius 3 is 2.50 bits per heavy atom. The number of phenolic OH excluding ortho intramolecular Hbond substituents is 1. The van der Waals surface area contributed by atoms with Crippen molar-refractivity contribution in [3.8, 4) is 17.2 Å². The molecule has 0 aliphatic heterocycles. The second-order valence-electron chi connectivity index (χ2n) is 5.97. The van der Waals surface area contributed by atoms with Crippen molar-refractivity contribution in [1.82, 2.24) is 4.98 Å². The lowest BCUT2D eigenvalue weighted by molar-refractivity contribution is 0.447. The van der Waals surface area contributed by atoms with Crippen molar-refractivity contribution in [2.75, 3.05) is 0 Å². The third-order valence-corrected chi connectivity index (χ3v) is 3.35. The number of hydrogen-bond acceptors (Lipinski definition) is 3. The molecular formula is C17H17NO2. The van der Waals surface area contributed by atoms with Crippen LogP contribution in [0.3, 0.4) is 0 Å². The number of hydrogen-bond donors (Lipinski definition) is 1. The summed E-state index contributed by atoms with van der Waals surface area (Å²) >= 11 is 0. The summed E-state index contributed by atoms with van der Waals surface area (Å²) < 4.78 is 5.77. The molecule has 3 nitrogen and oxygen atoms in total. The van der Waals surface area contributed by atoms with E-state index in [1.807, 2.05) is 36.4 Å². The Hall–Kier alpha value is -2.29. The number of phenols is 1. The van der Waals surface area contributed by atoms with Crippen LogP contribution in [0, 0.1) is 0 Å². The highest BCUT2D eigenvalue weighted by Crippen LogP contribution is 2.34. The summed E-state index contributed by atoms with van der Waals surface area (Å²) in [6, 6.07) is 13.2. The maximum atomic E-state index is 10.0. The second-order valence-corrected chi connectivity index (χ2v) is 5.97. The molecule has 20 heavy (non-hydrogen) atoms. The van der Waals surface area contributed by atoms with Gasteiger partial charge < -0.3 is 9.52 Å². The van der Waals surface area contributed by atoms with Crippen molar-refractivity contribution in [2.24, 2.45) is 0 Å². The summed E-state index contributed by atoms with van der Waals surface area (Å²) in [5, 5.41) is 10.0. The molecule has 0 fully saturated rings. The average molecular weight is 267 g/mol. The van der Waals surface area contributed by atoms with Crippen LogP contribution in [-0.2, 0) is 5.41 Å². The highest BCUT2D eigenvalue weighted by molar-refractivity contribution is 5.76. The number of aromatic nitrogens is 1. The first-order valence-corrected chi connectivity index (χ1v) is 6.64. The number of fused-ring (bicyclic) bond motifs is 1. The third kappa shape index (κ3) is 2.16. The third-order valence-electron chi connectivity index (χ3n) is 3.35. The number of aromatic hydroxyl groups is 1. The van der Waals surface area contributed by atoms with Gasteiger partial charge in [0.2, 0.25) is 5.89 Å². The molecule has 0 spiro atoms. The fourth-order valence-corrected chi connectivity index (χ4v) is 2.27. The van der Waals surface area contributed by atoms with Crippen LogP contribution in [0.15, 0.2) is 46.9 Å². The first kappa shape index (κ1) is 12.7. The zero-order valence-corrected chi connectivity index (χ0v) is 11.8. The van der Waals surface area contributed by atoms with Crippen LogP contribution < -0.4 is 0 Å². The Labute approximate surface area is 117 Å². The molecule has 0 unspecified atom stereocenters. The molecule has 0 bridgehead atoms. The van der Waals surface area contributed by atoms with Crippen LogP contribution in [0.5, 0.6) is 5.75 Å². The summed E-state index contributed by atoms with van der Waals surface area (Å²) in [5.41, 5.74) is 3.24. The quantitative estimate of drug-likeness (QED) is 0.706. The predicted molar refractivity (Wildman–Crippen MR) is 79.8 cm³/mol. The molecule has 0 amide bonds. The standard InChI is InChI=1S/C17H17NO2/c1-17(2,3)12-10-11(8-9-14(12)19)16-18-13-6-4-5-7-15(13)20-16/h4-10,19H,1-3H3. The summed E-state index contributed by atoms with van der Waals surface area (Å²) in [6.07, 6.45) is 0. The van der Waals surface area contributed by atoms with Gasteiger partial charge in [-0.3, -0.25) is 0 Å². The van der Waals surface area contributed by atoms with Crippen molar-refractivity contribution >= 4 is 11.1 Å². The lowest BCUT2D eigenvalue weighted by Crippen LogP contribution is -2.11. The molecule has 1 heterocycles. The maximum Gasteiger partial charge on any atom is 0.227 e. The minimum atomic E-state index is -0.133. The Morgan fingerprint density at radius 1 is 1.05 bits per heavy atom. The van der Waals surface area contributed by atoms with Crippen LogP contribution in [0.1, 0.15) is 26.3 Å². The Balaban J connectivity index is 2.14. The monoisotopic (exact) mass is 267 g/mol. The minimum absolute atomic E-state index is 0.133. The van der Waals surface area contributed by atoms with E-state index in [4.69, 9.17) is 4.42 Å². The summed E-state index contributed by atoms with van der Waals surface area (Å²) in [4.78, 5) is 4.49. The largest absolute Gasteiger partial charge is 0.508 e. The predicted octanol–water partition coefficient (Wildman–Crippen LogP) is 4.50. The maximum absolute atomic E-state index is 10.0. The van der Waals surface area contributed by atoms with Crippen molar-refractivity contribution in [3.05, 3.63) is 48.0 Å². The van der Waals surface area contributed by atoms with Gasteiger partial charge in [0.1, 0.15) is 11.3 Å². The number of nitrogens with zero attached hydrogens (tertiary/aromatic N) is 1. The van der Waals surface area contributed by atoms with E-state index >= 15 is 0 Å². The van der Waals surface area contributed by atoms with Gasteiger partial charge in [-0.05, 0) is 35.7 Å². The topological polar surface area (TPSA) is 46.3 Å². The van der Waals surface area contributed by atoms with E-state index in [1.165, 1.54) is 0 Å². The van der Waals surface area contributed by atoms with Gasteiger partial charge in [0.05, 0.1) is 0 Å². The molecule has 2 aromatic carbocycles. The van der Waals surface area contributed by atoms with Gasteiger partial charge in [0, 0.05) is 11.1 Å². The fourth-order valence-electron chi connectivity index (χ4n) is 2.27. The van der Waals surface area contributed by atoms with Gasteiger partial charge in [0.15, 0.2) is 5.58 Å². The Bertz CT molecular complexity index is 733. The summed E-state index contributed by atoms with van der Waals surface area (Å²) in [6.45, 7) is 6.20. The first-order valence-electron chi connectivity index (χ1n) is 6.64. The minimum Gasteiger partial charge on any atom is -0.508 e. The summed E-state index contributed by atoms with van der Waals surface area (Å²) in [7, 11) is 0. The van der Waals surface area contributed by atoms with Gasteiger partial charge in [-0.25, -0.2) is 4.98 Å². The molecule has 102 valence electrons. The number of benzene rings is 2. The van der Waals surface area contributed by atoms with E-state index in [0.29, 0.717) is 11.6 Å². The van der Waals surface area contributed by atoms with Crippen LogP contribution in [-0.4, -0.2) is 10.1 Å². The lowest BCUT2D eigenvalue weighted by atomic mass is 9.85.